The lowest BCUT2D eigenvalue weighted by atomic mass is 10.0. The lowest BCUT2D eigenvalue weighted by Crippen LogP contribution is -2.13. The summed E-state index contributed by atoms with van der Waals surface area (Å²) < 4.78 is 0. The highest BCUT2D eigenvalue weighted by Crippen LogP contribution is 2.23. The van der Waals surface area contributed by atoms with Crippen LogP contribution in [0.4, 0.5) is 0 Å². The maximum atomic E-state index is 4.49. The molecule has 4 heteroatoms. The summed E-state index contributed by atoms with van der Waals surface area (Å²) in [7, 11) is 0. The minimum absolute atomic E-state index is 0. The summed E-state index contributed by atoms with van der Waals surface area (Å²) in [6.45, 7) is 1.56. The van der Waals surface area contributed by atoms with Gasteiger partial charge in [0, 0.05) is 6.54 Å². The first-order chi connectivity index (χ1) is 12.9. The highest BCUT2D eigenvalue weighted by molar-refractivity contribution is 5.85. The van der Waals surface area contributed by atoms with Crippen LogP contribution in [0.25, 0.3) is 22.4 Å². The van der Waals surface area contributed by atoms with Crippen molar-refractivity contribution < 1.29 is 0 Å². The quantitative estimate of drug-likeness (QED) is 0.470. The van der Waals surface area contributed by atoms with Gasteiger partial charge in [0.25, 0.3) is 0 Å². The topological polar surface area (TPSA) is 40.7 Å². The summed E-state index contributed by atoms with van der Waals surface area (Å²) in [5.41, 5.74) is 5.91. The summed E-state index contributed by atoms with van der Waals surface area (Å²) in [4.78, 5) is 7.89. The first-order valence-corrected chi connectivity index (χ1v) is 8.83. The van der Waals surface area contributed by atoms with Crippen LogP contribution in [0.5, 0.6) is 0 Å². The number of halogens is 1. The van der Waals surface area contributed by atoms with E-state index in [-0.39, 0.29) is 12.4 Å². The average Bonchev–Trinajstić information content (AvgIpc) is 3.19. The Morgan fingerprint density at radius 1 is 0.667 bits per heavy atom. The maximum absolute atomic E-state index is 4.49. The van der Waals surface area contributed by atoms with Crippen molar-refractivity contribution in [2.75, 3.05) is 0 Å². The summed E-state index contributed by atoms with van der Waals surface area (Å²) >= 11 is 0. The van der Waals surface area contributed by atoms with E-state index in [1.807, 2.05) is 18.3 Å². The molecule has 0 aliphatic rings. The SMILES string of the molecule is Cl.c1ccc(CNCc2ncc(-c3ccc(-c4ccccc4)cc3)[nH]2)cc1. The molecule has 0 amide bonds. The minimum atomic E-state index is 0. The number of rotatable bonds is 6. The van der Waals surface area contributed by atoms with Gasteiger partial charge in [-0.15, -0.1) is 12.4 Å². The van der Waals surface area contributed by atoms with E-state index in [4.69, 9.17) is 0 Å². The van der Waals surface area contributed by atoms with E-state index in [1.54, 1.807) is 0 Å². The van der Waals surface area contributed by atoms with Crippen LogP contribution in [-0.2, 0) is 13.1 Å². The molecule has 3 nitrogen and oxygen atoms in total. The van der Waals surface area contributed by atoms with Crippen LogP contribution in [0.2, 0.25) is 0 Å². The van der Waals surface area contributed by atoms with Gasteiger partial charge in [-0.2, -0.15) is 0 Å². The Labute approximate surface area is 165 Å². The highest BCUT2D eigenvalue weighted by atomic mass is 35.5. The molecule has 4 rings (SSSR count). The second kappa shape index (κ2) is 9.17. The third-order valence-corrected chi connectivity index (χ3v) is 4.40. The predicted octanol–water partition coefficient (Wildman–Crippen LogP) is 5.46. The molecule has 0 unspecified atom stereocenters. The van der Waals surface area contributed by atoms with Crippen molar-refractivity contribution in [1.82, 2.24) is 15.3 Å². The van der Waals surface area contributed by atoms with E-state index in [0.717, 1.165) is 30.2 Å². The lowest BCUT2D eigenvalue weighted by Gasteiger charge is -2.04. The summed E-state index contributed by atoms with van der Waals surface area (Å²) in [6.07, 6.45) is 1.90. The largest absolute Gasteiger partial charge is 0.341 e. The Bertz CT molecular complexity index is 948. The highest BCUT2D eigenvalue weighted by Gasteiger charge is 2.04. The fourth-order valence-corrected chi connectivity index (χ4v) is 2.99. The molecule has 1 aromatic heterocycles. The number of imidazole rings is 1. The Morgan fingerprint density at radius 3 is 1.96 bits per heavy atom. The summed E-state index contributed by atoms with van der Waals surface area (Å²) in [6, 6.07) is 29.4. The van der Waals surface area contributed by atoms with Crippen LogP contribution < -0.4 is 5.32 Å². The zero-order valence-corrected chi connectivity index (χ0v) is 15.7. The van der Waals surface area contributed by atoms with Crippen molar-refractivity contribution in [3.05, 3.63) is 103 Å². The van der Waals surface area contributed by atoms with Crippen molar-refractivity contribution in [3.63, 3.8) is 0 Å². The number of nitrogens with zero attached hydrogens (tertiary/aromatic N) is 1. The smallest absolute Gasteiger partial charge is 0.120 e. The second-order valence-corrected chi connectivity index (χ2v) is 6.28. The van der Waals surface area contributed by atoms with Crippen molar-refractivity contribution in [1.29, 1.82) is 0 Å². The lowest BCUT2D eigenvalue weighted by molar-refractivity contribution is 0.669. The van der Waals surface area contributed by atoms with Gasteiger partial charge < -0.3 is 10.3 Å². The molecule has 27 heavy (non-hydrogen) atoms. The molecule has 0 aliphatic carbocycles. The number of nitrogens with one attached hydrogen (secondary N) is 2. The zero-order valence-electron chi connectivity index (χ0n) is 14.9. The third-order valence-electron chi connectivity index (χ3n) is 4.40. The number of hydrogen-bond donors (Lipinski definition) is 2. The molecular formula is C23H22ClN3. The Hall–Kier alpha value is -2.88. The van der Waals surface area contributed by atoms with Gasteiger partial charge in [0.05, 0.1) is 18.4 Å². The van der Waals surface area contributed by atoms with Gasteiger partial charge in [-0.3, -0.25) is 0 Å². The van der Waals surface area contributed by atoms with Gasteiger partial charge >= 0.3 is 0 Å². The minimum Gasteiger partial charge on any atom is -0.341 e. The van der Waals surface area contributed by atoms with Crippen LogP contribution in [0.15, 0.2) is 91.1 Å². The molecule has 2 N–H and O–H groups in total. The number of hydrogen-bond acceptors (Lipinski definition) is 2. The molecular weight excluding hydrogens is 354 g/mol. The molecule has 0 radical (unpaired) electrons. The average molecular weight is 376 g/mol. The van der Waals surface area contributed by atoms with E-state index < -0.39 is 0 Å². The van der Waals surface area contributed by atoms with Crippen LogP contribution in [0.3, 0.4) is 0 Å². The Balaban J connectivity index is 0.00000210. The fourth-order valence-electron chi connectivity index (χ4n) is 2.99. The maximum Gasteiger partial charge on any atom is 0.120 e. The van der Waals surface area contributed by atoms with E-state index in [2.05, 4.69) is 88.1 Å². The van der Waals surface area contributed by atoms with Gasteiger partial charge in [0.2, 0.25) is 0 Å². The standard InChI is InChI=1S/C23H21N3.ClH/c1-3-7-18(8-4-1)15-24-17-23-25-16-22(26-23)21-13-11-20(12-14-21)19-9-5-2-6-10-19;/h1-14,16,24H,15,17H2,(H,25,26);1H. The van der Waals surface area contributed by atoms with Crippen LogP contribution >= 0.6 is 12.4 Å². The third kappa shape index (κ3) is 4.85. The van der Waals surface area contributed by atoms with E-state index in [1.165, 1.54) is 16.7 Å². The van der Waals surface area contributed by atoms with E-state index in [0.29, 0.717) is 0 Å². The zero-order chi connectivity index (χ0) is 17.6. The molecule has 0 saturated carbocycles. The molecule has 4 aromatic rings. The van der Waals surface area contributed by atoms with Crippen LogP contribution in [0.1, 0.15) is 11.4 Å². The predicted molar refractivity (Wildman–Crippen MR) is 114 cm³/mol. The number of H-pyrrole nitrogens is 1. The Kier molecular flexibility index (Phi) is 6.42. The second-order valence-electron chi connectivity index (χ2n) is 6.28. The molecule has 3 aromatic carbocycles. The van der Waals surface area contributed by atoms with Gasteiger partial charge in [-0.25, -0.2) is 4.98 Å². The number of benzene rings is 3. The van der Waals surface area contributed by atoms with Crippen molar-refractivity contribution in [3.8, 4) is 22.4 Å². The number of aromatic amines is 1. The van der Waals surface area contributed by atoms with Crippen molar-refractivity contribution in [2.24, 2.45) is 0 Å². The van der Waals surface area contributed by atoms with Crippen molar-refractivity contribution in [2.45, 2.75) is 13.1 Å². The first-order valence-electron chi connectivity index (χ1n) is 8.83. The van der Waals surface area contributed by atoms with Gasteiger partial charge in [-0.05, 0) is 22.3 Å². The van der Waals surface area contributed by atoms with Crippen LogP contribution in [0, 0.1) is 0 Å². The van der Waals surface area contributed by atoms with Gasteiger partial charge in [-0.1, -0.05) is 84.9 Å². The normalized spacial score (nSPS) is 10.4. The summed E-state index contributed by atoms with van der Waals surface area (Å²) in [5, 5.41) is 3.42. The molecule has 0 spiro atoms. The molecule has 0 aliphatic heterocycles. The molecule has 0 atom stereocenters. The molecule has 0 bridgehead atoms. The monoisotopic (exact) mass is 375 g/mol. The fraction of sp³-hybridized carbons (Fsp3) is 0.0870. The van der Waals surface area contributed by atoms with Gasteiger partial charge in [0.15, 0.2) is 0 Å². The van der Waals surface area contributed by atoms with Crippen LogP contribution in [-0.4, -0.2) is 9.97 Å². The molecule has 1 heterocycles. The summed E-state index contributed by atoms with van der Waals surface area (Å²) in [5.74, 6) is 0.947. The van der Waals surface area contributed by atoms with E-state index in [9.17, 15) is 0 Å². The van der Waals surface area contributed by atoms with Crippen molar-refractivity contribution >= 4 is 12.4 Å². The number of aromatic nitrogens is 2. The molecule has 136 valence electrons. The first kappa shape index (κ1) is 18.9. The molecule has 0 saturated heterocycles. The Morgan fingerprint density at radius 2 is 1.26 bits per heavy atom. The van der Waals surface area contributed by atoms with E-state index >= 15 is 0 Å². The molecule has 0 fully saturated rings. The van der Waals surface area contributed by atoms with Gasteiger partial charge in [0.1, 0.15) is 5.82 Å².